The molecular weight excluding hydrogens is 456 g/mol. The summed E-state index contributed by atoms with van der Waals surface area (Å²) in [6.45, 7) is 8.69. The van der Waals surface area contributed by atoms with Gasteiger partial charge in [0.25, 0.3) is 0 Å². The average Bonchev–Trinajstić information content (AvgIpc) is 3.48. The number of aromatic nitrogens is 2. The van der Waals surface area contributed by atoms with Gasteiger partial charge in [0.15, 0.2) is 12.6 Å². The Hall–Kier alpha value is -3.00. The molecule has 1 aliphatic heterocycles. The maximum Gasteiger partial charge on any atom is 0.166 e. The lowest BCUT2D eigenvalue weighted by Gasteiger charge is -2.22. The molecule has 0 fully saturated rings. The van der Waals surface area contributed by atoms with Gasteiger partial charge in [0.1, 0.15) is 0 Å². The molecule has 2 unspecified atom stereocenters. The van der Waals surface area contributed by atoms with Crippen LogP contribution in [0.1, 0.15) is 89.9 Å². The second-order valence-electron chi connectivity index (χ2n) is 9.76. The summed E-state index contributed by atoms with van der Waals surface area (Å²) in [6, 6.07) is 0.0767. The Balaban J connectivity index is 1.92. The Bertz CT molecular complexity index is 1110. The molecule has 0 amide bonds. The summed E-state index contributed by atoms with van der Waals surface area (Å²) in [5.74, 6) is 0.180. The van der Waals surface area contributed by atoms with Crippen molar-refractivity contribution in [2.45, 2.75) is 85.1 Å². The summed E-state index contributed by atoms with van der Waals surface area (Å²) in [4.78, 5) is 40.9. The van der Waals surface area contributed by atoms with Crippen LogP contribution in [0.2, 0.25) is 0 Å². The monoisotopic (exact) mass is 496 g/mol. The van der Waals surface area contributed by atoms with Crippen LogP contribution in [0.3, 0.4) is 0 Å². The van der Waals surface area contributed by atoms with Crippen LogP contribution in [0.25, 0.3) is 0 Å². The van der Waals surface area contributed by atoms with Crippen molar-refractivity contribution in [3.05, 3.63) is 61.2 Å². The van der Waals surface area contributed by atoms with Crippen molar-refractivity contribution < 1.29 is 14.7 Å². The number of aldehydes is 2. The number of aliphatic hydroxyl groups excluding tert-OH is 1. The number of allylic oxidation sites excluding steroid dienone is 1. The maximum atomic E-state index is 11.6. The summed E-state index contributed by atoms with van der Waals surface area (Å²) >= 11 is 0. The van der Waals surface area contributed by atoms with E-state index in [0.29, 0.717) is 30.7 Å². The average molecular weight is 497 g/mol. The van der Waals surface area contributed by atoms with Crippen LogP contribution in [0.15, 0.2) is 16.4 Å². The highest BCUT2D eigenvalue weighted by molar-refractivity contribution is 5.76. The Morgan fingerprint density at radius 1 is 0.944 bits per heavy atom. The molecule has 2 aromatic rings. The summed E-state index contributed by atoms with van der Waals surface area (Å²) in [6.07, 6.45) is 7.86. The highest BCUT2D eigenvalue weighted by atomic mass is 16.3. The third-order valence-corrected chi connectivity index (χ3v) is 7.78. The zero-order valence-corrected chi connectivity index (χ0v) is 22.0. The van der Waals surface area contributed by atoms with Crippen LogP contribution < -0.4 is 5.32 Å². The fourth-order valence-corrected chi connectivity index (χ4v) is 5.89. The summed E-state index contributed by atoms with van der Waals surface area (Å²) < 4.78 is 0. The fourth-order valence-electron chi connectivity index (χ4n) is 5.89. The van der Waals surface area contributed by atoms with E-state index in [1.54, 1.807) is 0 Å². The standard InChI is InChI=1S/C28H40N4O4/c1-5-19-20(6-2)24(14-26-22(10-8-12-33)18(4)28(16-35)32-26)30-23(19)13-25-21(9-7-11-29-36)17(3)27(15-34)31-25/h15-16,21,25,30-33H,5-14H2,1-4H3. The largest absolute Gasteiger partial charge is 0.396 e. The molecule has 3 rings (SSSR count). The highest BCUT2D eigenvalue weighted by Gasteiger charge is 2.33. The molecule has 2 atom stereocenters. The molecule has 196 valence electrons. The Kier molecular flexibility index (Phi) is 9.81. The van der Waals surface area contributed by atoms with Gasteiger partial charge >= 0.3 is 0 Å². The predicted octanol–water partition coefficient (Wildman–Crippen LogP) is 4.25. The number of aromatic amines is 2. The van der Waals surface area contributed by atoms with Gasteiger partial charge in [-0.2, -0.15) is 4.91 Å². The van der Waals surface area contributed by atoms with Gasteiger partial charge in [-0.3, -0.25) is 9.59 Å². The smallest absolute Gasteiger partial charge is 0.166 e. The molecule has 0 aromatic carbocycles. The van der Waals surface area contributed by atoms with E-state index in [1.807, 2.05) is 13.8 Å². The lowest BCUT2D eigenvalue weighted by Crippen LogP contribution is -2.32. The lowest BCUT2D eigenvalue weighted by atomic mass is 9.87. The number of H-pyrrole nitrogens is 2. The highest BCUT2D eigenvalue weighted by Crippen LogP contribution is 2.33. The molecule has 0 saturated heterocycles. The molecule has 2 aromatic heterocycles. The summed E-state index contributed by atoms with van der Waals surface area (Å²) in [7, 11) is 0. The van der Waals surface area contributed by atoms with E-state index < -0.39 is 0 Å². The number of nitrogens with one attached hydrogen (secondary N) is 3. The lowest BCUT2D eigenvalue weighted by molar-refractivity contribution is -0.105. The summed E-state index contributed by atoms with van der Waals surface area (Å²) in [5, 5.41) is 15.8. The van der Waals surface area contributed by atoms with Crippen molar-refractivity contribution in [1.82, 2.24) is 15.3 Å². The van der Waals surface area contributed by atoms with Gasteiger partial charge < -0.3 is 20.4 Å². The minimum absolute atomic E-state index is 0.0767. The number of aliphatic hydroxyl groups is 1. The quantitative estimate of drug-likeness (QED) is 0.166. The SMILES string of the molecule is CCc1c(Cc2[nH]c(C=O)c(C)c2CCCO)[nH]c(CC2NC(C=O)=C(C)C2CCCN=O)c1CC. The minimum Gasteiger partial charge on any atom is -0.396 e. The number of nitrogens with zero attached hydrogens (tertiary/aromatic N) is 1. The third kappa shape index (κ3) is 5.69. The molecule has 8 nitrogen and oxygen atoms in total. The van der Waals surface area contributed by atoms with Gasteiger partial charge in [-0.1, -0.05) is 19.0 Å². The van der Waals surface area contributed by atoms with Crippen molar-refractivity contribution in [2.24, 2.45) is 11.1 Å². The van der Waals surface area contributed by atoms with Crippen LogP contribution in [0.4, 0.5) is 0 Å². The van der Waals surface area contributed by atoms with Gasteiger partial charge in [0.05, 0.1) is 17.9 Å². The fraction of sp³-hybridized carbons (Fsp3) is 0.571. The predicted molar refractivity (Wildman–Crippen MR) is 141 cm³/mol. The van der Waals surface area contributed by atoms with E-state index in [0.717, 1.165) is 72.8 Å². The second-order valence-corrected chi connectivity index (χ2v) is 9.76. The zero-order valence-electron chi connectivity index (χ0n) is 22.0. The Morgan fingerprint density at radius 2 is 1.64 bits per heavy atom. The van der Waals surface area contributed by atoms with E-state index in [-0.39, 0.29) is 25.1 Å². The number of carbonyl (C=O) groups excluding carboxylic acids is 2. The molecule has 0 spiro atoms. The molecule has 1 aliphatic rings. The van der Waals surface area contributed by atoms with Crippen molar-refractivity contribution in [3.8, 4) is 0 Å². The first-order chi connectivity index (χ1) is 17.4. The topological polar surface area (TPSA) is 127 Å². The third-order valence-electron chi connectivity index (χ3n) is 7.78. The van der Waals surface area contributed by atoms with Gasteiger partial charge in [0.2, 0.25) is 0 Å². The first-order valence-corrected chi connectivity index (χ1v) is 13.1. The second kappa shape index (κ2) is 12.8. The number of hydrogen-bond donors (Lipinski definition) is 4. The normalized spacial score (nSPS) is 17.5. The van der Waals surface area contributed by atoms with Gasteiger partial charge in [-0.15, -0.1) is 0 Å². The molecule has 3 heterocycles. The van der Waals surface area contributed by atoms with E-state index in [1.165, 1.54) is 16.8 Å². The molecule has 0 bridgehead atoms. The maximum absolute atomic E-state index is 11.6. The molecule has 0 radical (unpaired) electrons. The zero-order chi connectivity index (χ0) is 26.2. The molecule has 0 saturated carbocycles. The minimum atomic E-state index is 0.0767. The summed E-state index contributed by atoms with van der Waals surface area (Å²) in [5.41, 5.74) is 10.3. The van der Waals surface area contributed by atoms with Crippen molar-refractivity contribution in [3.63, 3.8) is 0 Å². The molecule has 8 heteroatoms. The van der Waals surface area contributed by atoms with E-state index in [9.17, 15) is 19.6 Å². The molecule has 4 N–H and O–H groups in total. The Morgan fingerprint density at radius 3 is 2.25 bits per heavy atom. The van der Waals surface area contributed by atoms with E-state index in [2.05, 4.69) is 34.3 Å². The molecule has 0 aliphatic carbocycles. The van der Waals surface area contributed by atoms with Crippen LogP contribution in [0, 0.1) is 17.7 Å². The Labute approximate surface area is 213 Å². The van der Waals surface area contributed by atoms with Gasteiger partial charge in [-0.05, 0) is 80.2 Å². The van der Waals surface area contributed by atoms with Gasteiger partial charge in [0, 0.05) is 48.5 Å². The molecule has 36 heavy (non-hydrogen) atoms. The van der Waals surface area contributed by atoms with E-state index in [4.69, 9.17) is 0 Å². The number of hydrogen-bond acceptors (Lipinski definition) is 6. The van der Waals surface area contributed by atoms with Crippen molar-refractivity contribution in [2.75, 3.05) is 13.2 Å². The van der Waals surface area contributed by atoms with E-state index >= 15 is 0 Å². The van der Waals surface area contributed by atoms with Crippen LogP contribution in [-0.2, 0) is 36.9 Å². The molecular formula is C28H40N4O4. The number of rotatable bonds is 15. The number of nitroso groups, excluding NO2 is 1. The first kappa shape index (κ1) is 27.6. The van der Waals surface area contributed by atoms with Crippen LogP contribution in [-0.4, -0.2) is 46.8 Å². The van der Waals surface area contributed by atoms with Crippen LogP contribution >= 0.6 is 0 Å². The van der Waals surface area contributed by atoms with Crippen LogP contribution in [0.5, 0.6) is 0 Å². The first-order valence-electron chi connectivity index (χ1n) is 13.1. The van der Waals surface area contributed by atoms with Crippen molar-refractivity contribution in [1.29, 1.82) is 0 Å². The number of carbonyl (C=O) groups is 2. The van der Waals surface area contributed by atoms with Gasteiger partial charge in [-0.25, -0.2) is 0 Å². The van der Waals surface area contributed by atoms with Crippen molar-refractivity contribution >= 4 is 12.6 Å².